The number of hydrogen-bond acceptors (Lipinski definition) is 4. The van der Waals surface area contributed by atoms with Crippen molar-refractivity contribution in [2.45, 2.75) is 38.1 Å². The van der Waals surface area contributed by atoms with Crippen LogP contribution in [0.1, 0.15) is 32.1 Å². The topological polar surface area (TPSA) is 83.9 Å². The van der Waals surface area contributed by atoms with Crippen molar-refractivity contribution in [2.24, 2.45) is 0 Å². The van der Waals surface area contributed by atoms with Gasteiger partial charge in [-0.25, -0.2) is 9.59 Å². The summed E-state index contributed by atoms with van der Waals surface area (Å²) in [6.07, 6.45) is 2.90. The Morgan fingerprint density at radius 1 is 1.21 bits per heavy atom. The molecule has 2 rings (SSSR count). The van der Waals surface area contributed by atoms with E-state index in [-0.39, 0.29) is 11.5 Å². The van der Waals surface area contributed by atoms with E-state index < -0.39 is 18.0 Å². The van der Waals surface area contributed by atoms with Crippen molar-refractivity contribution in [3.05, 3.63) is 11.1 Å². The van der Waals surface area contributed by atoms with E-state index in [1.165, 1.54) is 12.0 Å². The monoisotopic (exact) mass is 267 g/mol. The summed E-state index contributed by atoms with van der Waals surface area (Å²) in [5, 5.41) is 9.08. The van der Waals surface area contributed by atoms with Gasteiger partial charge in [0, 0.05) is 17.7 Å². The molecule has 0 saturated carbocycles. The SMILES string of the molecule is COC(=O)[C@@H]1CCCN1C(=O)C1=C(C(=O)O)CCC1. The number of likely N-dealkylation sites (tertiary alicyclic amines) is 1. The number of ether oxygens (including phenoxy) is 1. The fraction of sp³-hybridized carbons (Fsp3) is 0.615. The molecule has 1 heterocycles. The van der Waals surface area contributed by atoms with E-state index >= 15 is 0 Å². The number of amides is 1. The van der Waals surface area contributed by atoms with Crippen molar-refractivity contribution in [1.82, 2.24) is 4.90 Å². The second-order valence-electron chi connectivity index (χ2n) is 4.80. The lowest BCUT2D eigenvalue weighted by atomic mass is 10.1. The van der Waals surface area contributed by atoms with Gasteiger partial charge in [0.15, 0.2) is 0 Å². The van der Waals surface area contributed by atoms with E-state index in [1.54, 1.807) is 0 Å². The van der Waals surface area contributed by atoms with Crippen molar-refractivity contribution in [1.29, 1.82) is 0 Å². The summed E-state index contributed by atoms with van der Waals surface area (Å²) in [6.45, 7) is 0.481. The smallest absolute Gasteiger partial charge is 0.332 e. The highest BCUT2D eigenvalue weighted by Crippen LogP contribution is 2.30. The van der Waals surface area contributed by atoms with Crippen molar-refractivity contribution in [3.63, 3.8) is 0 Å². The third-order valence-corrected chi connectivity index (χ3v) is 3.72. The molecule has 0 bridgehead atoms. The molecule has 1 N–H and O–H groups in total. The average molecular weight is 267 g/mol. The van der Waals surface area contributed by atoms with Crippen LogP contribution >= 0.6 is 0 Å². The quantitative estimate of drug-likeness (QED) is 0.761. The van der Waals surface area contributed by atoms with E-state index in [1.807, 2.05) is 0 Å². The van der Waals surface area contributed by atoms with Gasteiger partial charge in [0.05, 0.1) is 7.11 Å². The average Bonchev–Trinajstić information content (AvgIpc) is 3.05. The molecule has 0 aromatic carbocycles. The highest BCUT2D eigenvalue weighted by molar-refractivity contribution is 6.04. The van der Waals surface area contributed by atoms with E-state index in [0.717, 1.165) is 6.42 Å². The Hall–Kier alpha value is -1.85. The summed E-state index contributed by atoms with van der Waals surface area (Å²) < 4.78 is 4.69. The molecule has 0 unspecified atom stereocenters. The Labute approximate surface area is 111 Å². The lowest BCUT2D eigenvalue weighted by Crippen LogP contribution is -2.41. The molecule has 6 nitrogen and oxygen atoms in total. The normalized spacial score (nSPS) is 22.8. The molecule has 1 aliphatic heterocycles. The van der Waals surface area contributed by atoms with Crippen LogP contribution in [0.15, 0.2) is 11.1 Å². The van der Waals surface area contributed by atoms with E-state index in [9.17, 15) is 14.4 Å². The molecule has 1 atom stereocenters. The molecule has 0 aromatic rings. The molecule has 1 amide bonds. The summed E-state index contributed by atoms with van der Waals surface area (Å²) in [7, 11) is 1.29. The predicted molar refractivity (Wildman–Crippen MR) is 65.3 cm³/mol. The Kier molecular flexibility index (Phi) is 3.87. The van der Waals surface area contributed by atoms with Crippen molar-refractivity contribution >= 4 is 17.8 Å². The number of hydrogen-bond donors (Lipinski definition) is 1. The number of carbonyl (C=O) groups is 3. The minimum Gasteiger partial charge on any atom is -0.478 e. The Morgan fingerprint density at radius 3 is 2.53 bits per heavy atom. The van der Waals surface area contributed by atoms with Crippen LogP contribution in [0.2, 0.25) is 0 Å². The maximum atomic E-state index is 12.4. The van der Waals surface area contributed by atoms with Crippen LogP contribution in [0.5, 0.6) is 0 Å². The molecule has 1 fully saturated rings. The molecule has 2 aliphatic rings. The van der Waals surface area contributed by atoms with Gasteiger partial charge in [-0.05, 0) is 32.1 Å². The van der Waals surface area contributed by atoms with Crippen LogP contribution in [-0.2, 0) is 19.1 Å². The first kappa shape index (κ1) is 13.6. The fourth-order valence-electron chi connectivity index (χ4n) is 2.78. The number of methoxy groups -OCH3 is 1. The highest BCUT2D eigenvalue weighted by Gasteiger charge is 2.38. The van der Waals surface area contributed by atoms with Crippen molar-refractivity contribution < 1.29 is 24.2 Å². The van der Waals surface area contributed by atoms with Gasteiger partial charge in [0.25, 0.3) is 5.91 Å². The number of carboxylic acid groups (broad SMARTS) is 1. The summed E-state index contributed by atoms with van der Waals surface area (Å²) >= 11 is 0. The number of carboxylic acids is 1. The van der Waals surface area contributed by atoms with Gasteiger partial charge < -0.3 is 14.7 Å². The lowest BCUT2D eigenvalue weighted by molar-refractivity contribution is -0.149. The molecule has 6 heteroatoms. The molecule has 1 saturated heterocycles. The first-order valence-electron chi connectivity index (χ1n) is 6.40. The van der Waals surface area contributed by atoms with Crippen molar-refractivity contribution in [2.75, 3.05) is 13.7 Å². The zero-order valence-electron chi connectivity index (χ0n) is 10.8. The number of nitrogens with zero attached hydrogens (tertiary/aromatic N) is 1. The van der Waals surface area contributed by atoms with Crippen LogP contribution in [0.3, 0.4) is 0 Å². The maximum Gasteiger partial charge on any atom is 0.332 e. The summed E-state index contributed by atoms with van der Waals surface area (Å²) in [6, 6.07) is -0.569. The maximum absolute atomic E-state index is 12.4. The number of esters is 1. The van der Waals surface area contributed by atoms with Crippen molar-refractivity contribution in [3.8, 4) is 0 Å². The van der Waals surface area contributed by atoms with E-state index in [4.69, 9.17) is 5.11 Å². The largest absolute Gasteiger partial charge is 0.478 e. The second-order valence-corrected chi connectivity index (χ2v) is 4.80. The predicted octanol–water partition coefficient (Wildman–Crippen LogP) is 0.715. The molecule has 1 aliphatic carbocycles. The van der Waals surface area contributed by atoms with Crippen LogP contribution in [-0.4, -0.2) is 47.5 Å². The summed E-state index contributed by atoms with van der Waals surface area (Å²) in [4.78, 5) is 36.5. The lowest BCUT2D eigenvalue weighted by Gasteiger charge is -2.23. The zero-order valence-corrected chi connectivity index (χ0v) is 10.8. The molecule has 19 heavy (non-hydrogen) atoms. The van der Waals surface area contributed by atoms with Crippen LogP contribution < -0.4 is 0 Å². The van der Waals surface area contributed by atoms with Gasteiger partial charge in [-0.15, -0.1) is 0 Å². The molecule has 104 valence electrons. The first-order chi connectivity index (χ1) is 9.06. The van der Waals surface area contributed by atoms with E-state index in [0.29, 0.717) is 37.8 Å². The van der Waals surface area contributed by atoms with Gasteiger partial charge in [0.1, 0.15) is 6.04 Å². The minimum atomic E-state index is -1.03. The summed E-state index contributed by atoms with van der Waals surface area (Å²) in [5.74, 6) is -1.78. The van der Waals surface area contributed by atoms with Crippen LogP contribution in [0.4, 0.5) is 0 Å². The third-order valence-electron chi connectivity index (χ3n) is 3.72. The van der Waals surface area contributed by atoms with Gasteiger partial charge in [0.2, 0.25) is 0 Å². The first-order valence-corrected chi connectivity index (χ1v) is 6.40. The van der Waals surface area contributed by atoms with Gasteiger partial charge >= 0.3 is 11.9 Å². The van der Waals surface area contributed by atoms with E-state index in [2.05, 4.69) is 4.74 Å². The third kappa shape index (κ3) is 2.47. The van der Waals surface area contributed by atoms with Gasteiger partial charge in [-0.1, -0.05) is 0 Å². The van der Waals surface area contributed by atoms with Crippen LogP contribution in [0.25, 0.3) is 0 Å². The molecule has 0 aromatic heterocycles. The standard InChI is InChI=1S/C13H17NO5/c1-19-13(18)10-6-3-7-14(10)11(15)8-4-2-5-9(8)12(16)17/h10H,2-7H2,1H3,(H,16,17)/t10-/m0/s1. The molecule has 0 spiro atoms. The highest BCUT2D eigenvalue weighted by atomic mass is 16.5. The number of carbonyl (C=O) groups excluding carboxylic acids is 2. The second kappa shape index (κ2) is 5.42. The number of rotatable bonds is 3. The Bertz CT molecular complexity index is 454. The summed E-state index contributed by atoms with van der Waals surface area (Å²) in [5.41, 5.74) is 0.545. The molecular weight excluding hydrogens is 250 g/mol. The number of aliphatic carboxylic acids is 1. The minimum absolute atomic E-state index is 0.195. The molecular formula is C13H17NO5. The van der Waals surface area contributed by atoms with Gasteiger partial charge in [-0.2, -0.15) is 0 Å². The van der Waals surface area contributed by atoms with Crippen LogP contribution in [0, 0.1) is 0 Å². The zero-order chi connectivity index (χ0) is 14.0. The fourth-order valence-corrected chi connectivity index (χ4v) is 2.78. The Balaban J connectivity index is 2.22. The molecule has 0 radical (unpaired) electrons. The van der Waals surface area contributed by atoms with Gasteiger partial charge in [-0.3, -0.25) is 4.79 Å². The Morgan fingerprint density at radius 2 is 1.89 bits per heavy atom.